The number of rotatable bonds is 3. The molecule has 130 valence electrons. The summed E-state index contributed by atoms with van der Waals surface area (Å²) in [6, 6.07) is 3.35. The van der Waals surface area contributed by atoms with Gasteiger partial charge >= 0.3 is 12.0 Å². The molecule has 1 aliphatic heterocycles. The van der Waals surface area contributed by atoms with E-state index in [9.17, 15) is 9.59 Å². The number of carbonyl (C=O) groups excluding carboxylic acids is 2. The van der Waals surface area contributed by atoms with Crippen LogP contribution in [0.2, 0.25) is 10.0 Å². The quantitative estimate of drug-likeness (QED) is 0.550. The second-order valence-electron chi connectivity index (χ2n) is 4.97. The van der Waals surface area contributed by atoms with Gasteiger partial charge in [-0.25, -0.2) is 4.79 Å². The normalized spacial score (nSPS) is 21.0. The third kappa shape index (κ3) is 4.83. The first kappa shape index (κ1) is 19.5. The van der Waals surface area contributed by atoms with Gasteiger partial charge in [0, 0.05) is 15.7 Å². The van der Waals surface area contributed by atoms with Gasteiger partial charge in [0.2, 0.25) is 3.79 Å². The Labute approximate surface area is 163 Å². The maximum absolute atomic E-state index is 12.4. The van der Waals surface area contributed by atoms with Crippen molar-refractivity contribution in [1.82, 2.24) is 10.6 Å². The molecule has 0 saturated carbocycles. The van der Waals surface area contributed by atoms with Crippen molar-refractivity contribution in [3.05, 3.63) is 46.1 Å². The minimum atomic E-state index is -1.75. The summed E-state index contributed by atoms with van der Waals surface area (Å²) in [5, 5.41) is 5.73. The first-order chi connectivity index (χ1) is 11.1. The molecule has 1 aliphatic rings. The van der Waals surface area contributed by atoms with Crippen LogP contribution in [0.25, 0.3) is 0 Å². The van der Waals surface area contributed by atoms with Gasteiger partial charge in [-0.15, -0.1) is 0 Å². The summed E-state index contributed by atoms with van der Waals surface area (Å²) in [6.07, 6.45) is 0. The van der Waals surface area contributed by atoms with E-state index in [0.29, 0.717) is 10.6 Å². The molecule has 1 fully saturated rings. The highest BCUT2D eigenvalue weighted by molar-refractivity contribution is 6.67. The number of amides is 2. The third-order valence-electron chi connectivity index (χ3n) is 3.20. The molecule has 10 heteroatoms. The van der Waals surface area contributed by atoms with Crippen LogP contribution in [0.15, 0.2) is 30.5 Å². The second-order valence-corrected chi connectivity index (χ2v) is 8.33. The molecule has 0 spiro atoms. The van der Waals surface area contributed by atoms with Gasteiger partial charge in [0.25, 0.3) is 0 Å². The summed E-state index contributed by atoms with van der Waals surface area (Å²) in [4.78, 5) is 24.2. The van der Waals surface area contributed by atoms with Gasteiger partial charge in [-0.2, -0.15) is 0 Å². The first-order valence-corrected chi connectivity index (χ1v) is 8.42. The standard InChI is InChI=1S/C14H11Cl5N2O3/c1-6-10(12(22)24-5-14(17,18)19)11(21-13(23)20-6)8-3-2-7(15)4-9(8)16/h2-4,10-11H,1,5H2,(H2,20,21,23). The van der Waals surface area contributed by atoms with Crippen molar-refractivity contribution in [2.24, 2.45) is 5.92 Å². The molecule has 0 aliphatic carbocycles. The Hall–Kier alpha value is -0.850. The summed E-state index contributed by atoms with van der Waals surface area (Å²) in [5.74, 6) is -1.69. The lowest BCUT2D eigenvalue weighted by atomic mass is 9.89. The number of hydrogen-bond donors (Lipinski definition) is 2. The molecular weight excluding hydrogens is 421 g/mol. The maximum atomic E-state index is 12.4. The average Bonchev–Trinajstić information content (AvgIpc) is 2.43. The predicted molar refractivity (Wildman–Crippen MR) is 94.7 cm³/mol. The molecule has 5 nitrogen and oxygen atoms in total. The summed E-state index contributed by atoms with van der Waals surface area (Å²) < 4.78 is 3.26. The number of alkyl halides is 3. The van der Waals surface area contributed by atoms with E-state index in [4.69, 9.17) is 62.7 Å². The van der Waals surface area contributed by atoms with E-state index in [-0.39, 0.29) is 10.7 Å². The molecule has 0 radical (unpaired) electrons. The summed E-state index contributed by atoms with van der Waals surface area (Å²) in [6.45, 7) is 3.24. The fourth-order valence-corrected chi connectivity index (χ4v) is 2.91. The van der Waals surface area contributed by atoms with Gasteiger partial charge in [0.15, 0.2) is 0 Å². The van der Waals surface area contributed by atoms with Crippen LogP contribution < -0.4 is 10.6 Å². The molecule has 1 aromatic carbocycles. The molecule has 2 N–H and O–H groups in total. The van der Waals surface area contributed by atoms with E-state index in [1.54, 1.807) is 12.1 Å². The number of nitrogens with one attached hydrogen (secondary N) is 2. The van der Waals surface area contributed by atoms with Gasteiger partial charge < -0.3 is 15.4 Å². The van der Waals surface area contributed by atoms with Crippen LogP contribution in [-0.2, 0) is 9.53 Å². The molecule has 1 aromatic rings. The van der Waals surface area contributed by atoms with Crippen molar-refractivity contribution < 1.29 is 14.3 Å². The van der Waals surface area contributed by atoms with Crippen molar-refractivity contribution in [2.75, 3.05) is 6.61 Å². The first-order valence-electron chi connectivity index (χ1n) is 6.53. The number of carbonyl (C=O) groups is 2. The zero-order valence-electron chi connectivity index (χ0n) is 11.9. The SMILES string of the molecule is C=C1NC(=O)NC(c2ccc(Cl)cc2Cl)C1C(=O)OCC(Cl)(Cl)Cl. The van der Waals surface area contributed by atoms with Crippen LogP contribution in [0.3, 0.4) is 0 Å². The maximum Gasteiger partial charge on any atom is 0.319 e. The van der Waals surface area contributed by atoms with E-state index in [1.807, 2.05) is 0 Å². The molecular formula is C14H11Cl5N2O3. The molecule has 1 saturated heterocycles. The van der Waals surface area contributed by atoms with E-state index in [2.05, 4.69) is 17.2 Å². The molecule has 1 heterocycles. The van der Waals surface area contributed by atoms with Crippen LogP contribution in [0.5, 0.6) is 0 Å². The zero-order chi connectivity index (χ0) is 18.1. The van der Waals surface area contributed by atoms with Gasteiger partial charge in [-0.1, -0.05) is 70.7 Å². The largest absolute Gasteiger partial charge is 0.461 e. The van der Waals surface area contributed by atoms with Crippen LogP contribution in [-0.4, -0.2) is 22.4 Å². The Bertz CT molecular complexity index is 689. The lowest BCUT2D eigenvalue weighted by Crippen LogP contribution is -2.51. The minimum absolute atomic E-state index is 0.143. The highest BCUT2D eigenvalue weighted by atomic mass is 35.6. The Morgan fingerprint density at radius 1 is 1.29 bits per heavy atom. The van der Waals surface area contributed by atoms with E-state index >= 15 is 0 Å². The fraction of sp³-hybridized carbons (Fsp3) is 0.286. The molecule has 2 unspecified atom stereocenters. The summed E-state index contributed by atoms with van der Waals surface area (Å²) in [5.41, 5.74) is 0.622. The predicted octanol–water partition coefficient (Wildman–Crippen LogP) is 4.39. The van der Waals surface area contributed by atoms with Crippen molar-refractivity contribution in [1.29, 1.82) is 0 Å². The number of benzene rings is 1. The Balaban J connectivity index is 2.32. The lowest BCUT2D eigenvalue weighted by molar-refractivity contribution is -0.148. The number of halogens is 5. The number of esters is 1. The Kier molecular flexibility index (Phi) is 6.15. The lowest BCUT2D eigenvalue weighted by Gasteiger charge is -2.33. The molecule has 2 atom stereocenters. The van der Waals surface area contributed by atoms with Crippen molar-refractivity contribution >= 4 is 70.0 Å². The van der Waals surface area contributed by atoms with Gasteiger partial charge in [-0.05, 0) is 17.7 Å². The highest BCUT2D eigenvalue weighted by Crippen LogP contribution is 2.36. The number of urea groups is 1. The topological polar surface area (TPSA) is 67.4 Å². The van der Waals surface area contributed by atoms with E-state index in [1.165, 1.54) is 6.07 Å². The third-order valence-corrected chi connectivity index (χ3v) is 4.09. The average molecular weight is 433 g/mol. The molecule has 24 heavy (non-hydrogen) atoms. The van der Waals surface area contributed by atoms with Gasteiger partial charge in [0.1, 0.15) is 12.5 Å². The van der Waals surface area contributed by atoms with E-state index < -0.39 is 34.4 Å². The fourth-order valence-electron chi connectivity index (χ4n) is 2.22. The summed E-state index contributed by atoms with van der Waals surface area (Å²) in [7, 11) is 0. The van der Waals surface area contributed by atoms with Crippen molar-refractivity contribution in [3.63, 3.8) is 0 Å². The second kappa shape index (κ2) is 7.58. The number of hydrogen-bond acceptors (Lipinski definition) is 3. The van der Waals surface area contributed by atoms with Crippen molar-refractivity contribution in [3.8, 4) is 0 Å². The van der Waals surface area contributed by atoms with Crippen LogP contribution >= 0.6 is 58.0 Å². The monoisotopic (exact) mass is 430 g/mol. The van der Waals surface area contributed by atoms with Crippen LogP contribution in [0, 0.1) is 5.92 Å². The molecule has 0 aromatic heterocycles. The molecule has 2 amide bonds. The van der Waals surface area contributed by atoms with Crippen molar-refractivity contribution in [2.45, 2.75) is 9.83 Å². The number of ether oxygens (including phenoxy) is 1. The minimum Gasteiger partial charge on any atom is -0.461 e. The molecule has 2 rings (SSSR count). The highest BCUT2D eigenvalue weighted by Gasteiger charge is 2.40. The van der Waals surface area contributed by atoms with Gasteiger partial charge in [0.05, 0.1) is 6.04 Å². The smallest absolute Gasteiger partial charge is 0.319 e. The van der Waals surface area contributed by atoms with Crippen LogP contribution in [0.1, 0.15) is 11.6 Å². The molecule has 0 bridgehead atoms. The Morgan fingerprint density at radius 2 is 1.96 bits per heavy atom. The van der Waals surface area contributed by atoms with E-state index in [0.717, 1.165) is 0 Å². The van der Waals surface area contributed by atoms with Gasteiger partial charge in [-0.3, -0.25) is 4.79 Å². The zero-order valence-corrected chi connectivity index (χ0v) is 15.7. The van der Waals surface area contributed by atoms with Crippen LogP contribution in [0.4, 0.5) is 4.79 Å². The Morgan fingerprint density at radius 3 is 2.54 bits per heavy atom. The summed E-state index contributed by atoms with van der Waals surface area (Å²) >= 11 is 28.8.